The number of anilines is 1. The van der Waals surface area contributed by atoms with E-state index in [9.17, 15) is 4.79 Å². The van der Waals surface area contributed by atoms with Crippen LogP contribution in [0.2, 0.25) is 0 Å². The second kappa shape index (κ2) is 6.82. The van der Waals surface area contributed by atoms with Gasteiger partial charge in [0.05, 0.1) is 11.9 Å². The lowest BCUT2D eigenvalue weighted by Crippen LogP contribution is -2.18. The Hall–Kier alpha value is -2.66. The molecule has 0 unspecified atom stereocenters. The van der Waals surface area contributed by atoms with Crippen LogP contribution in [0.4, 0.5) is 5.82 Å². The number of fused-ring (bicyclic) bond motifs is 1. The molecule has 1 aliphatic heterocycles. The molecule has 2 fully saturated rings. The van der Waals surface area contributed by atoms with E-state index in [2.05, 4.69) is 49.9 Å². The van der Waals surface area contributed by atoms with Crippen molar-refractivity contribution in [2.45, 2.75) is 32.2 Å². The quantitative estimate of drug-likeness (QED) is 0.750. The third kappa shape index (κ3) is 3.47. The van der Waals surface area contributed by atoms with E-state index in [0.717, 1.165) is 36.3 Å². The average molecular weight is 360 g/mol. The van der Waals surface area contributed by atoms with E-state index < -0.39 is 0 Å². The summed E-state index contributed by atoms with van der Waals surface area (Å²) in [5.74, 6) is 0.897. The molecular weight excluding hydrogens is 336 g/mol. The molecule has 2 aliphatic rings. The van der Waals surface area contributed by atoms with Gasteiger partial charge in [0.2, 0.25) is 5.91 Å². The summed E-state index contributed by atoms with van der Waals surface area (Å²) in [5.41, 5.74) is 4.44. The molecular formula is C22H24N4O. The van der Waals surface area contributed by atoms with Crippen molar-refractivity contribution in [1.82, 2.24) is 14.3 Å². The van der Waals surface area contributed by atoms with E-state index in [1.54, 1.807) is 0 Å². The van der Waals surface area contributed by atoms with Crippen LogP contribution in [0, 0.1) is 5.92 Å². The molecule has 27 heavy (non-hydrogen) atoms. The van der Waals surface area contributed by atoms with Crippen molar-refractivity contribution in [1.29, 1.82) is 0 Å². The molecule has 5 heteroatoms. The van der Waals surface area contributed by atoms with Gasteiger partial charge < -0.3 is 5.32 Å². The molecule has 1 aliphatic carbocycles. The highest BCUT2D eigenvalue weighted by Gasteiger charge is 2.30. The van der Waals surface area contributed by atoms with Crippen LogP contribution in [0.3, 0.4) is 0 Å². The molecule has 1 amide bonds. The SMILES string of the molecule is O=C(Nc1cn2c(-c3ccc(CN4CCCC4)cc3)cccc2n1)C1CC1. The summed E-state index contributed by atoms with van der Waals surface area (Å²) in [4.78, 5) is 19.1. The summed E-state index contributed by atoms with van der Waals surface area (Å²) >= 11 is 0. The van der Waals surface area contributed by atoms with Crippen LogP contribution in [0.25, 0.3) is 16.9 Å². The number of hydrogen-bond donors (Lipinski definition) is 1. The smallest absolute Gasteiger partial charge is 0.228 e. The first kappa shape index (κ1) is 16.5. The van der Waals surface area contributed by atoms with Gasteiger partial charge in [-0.1, -0.05) is 30.3 Å². The van der Waals surface area contributed by atoms with Gasteiger partial charge in [-0.15, -0.1) is 0 Å². The van der Waals surface area contributed by atoms with Crippen molar-refractivity contribution < 1.29 is 4.79 Å². The second-order valence-electron chi connectivity index (χ2n) is 7.71. The van der Waals surface area contributed by atoms with Crippen LogP contribution < -0.4 is 5.32 Å². The van der Waals surface area contributed by atoms with Crippen molar-refractivity contribution >= 4 is 17.4 Å². The number of rotatable bonds is 5. The zero-order valence-electron chi connectivity index (χ0n) is 15.4. The minimum absolute atomic E-state index is 0.0891. The predicted molar refractivity (Wildman–Crippen MR) is 106 cm³/mol. The second-order valence-corrected chi connectivity index (χ2v) is 7.71. The lowest BCUT2D eigenvalue weighted by molar-refractivity contribution is -0.117. The summed E-state index contributed by atoms with van der Waals surface area (Å²) in [6.45, 7) is 3.46. The Morgan fingerprint density at radius 2 is 1.85 bits per heavy atom. The topological polar surface area (TPSA) is 49.6 Å². The molecule has 138 valence electrons. The number of nitrogens with one attached hydrogen (secondary N) is 1. The summed E-state index contributed by atoms with van der Waals surface area (Å²) < 4.78 is 2.05. The van der Waals surface area contributed by atoms with Crippen molar-refractivity contribution in [2.75, 3.05) is 18.4 Å². The molecule has 1 saturated carbocycles. The summed E-state index contributed by atoms with van der Waals surface area (Å²) in [5, 5.41) is 2.95. The summed E-state index contributed by atoms with van der Waals surface area (Å²) in [7, 11) is 0. The predicted octanol–water partition coefficient (Wildman–Crippen LogP) is 3.95. The van der Waals surface area contributed by atoms with E-state index in [4.69, 9.17) is 0 Å². The molecule has 3 aromatic rings. The van der Waals surface area contributed by atoms with Gasteiger partial charge in [-0.3, -0.25) is 14.1 Å². The third-order valence-electron chi connectivity index (χ3n) is 5.55. The Balaban J connectivity index is 1.40. The lowest BCUT2D eigenvalue weighted by atomic mass is 10.1. The van der Waals surface area contributed by atoms with E-state index in [0.29, 0.717) is 5.82 Å². The fourth-order valence-corrected chi connectivity index (χ4v) is 3.86. The third-order valence-corrected chi connectivity index (χ3v) is 5.55. The fourth-order valence-electron chi connectivity index (χ4n) is 3.86. The first-order chi connectivity index (χ1) is 13.3. The van der Waals surface area contributed by atoms with E-state index in [1.807, 2.05) is 18.3 Å². The minimum atomic E-state index is 0.0891. The Morgan fingerprint density at radius 1 is 1.07 bits per heavy atom. The van der Waals surface area contributed by atoms with Gasteiger partial charge in [0.15, 0.2) is 5.82 Å². The number of aromatic nitrogens is 2. The number of nitrogens with zero attached hydrogens (tertiary/aromatic N) is 3. The van der Waals surface area contributed by atoms with Crippen molar-refractivity contribution in [3.05, 3.63) is 54.2 Å². The van der Waals surface area contributed by atoms with E-state index >= 15 is 0 Å². The normalized spacial score (nSPS) is 17.5. The molecule has 5 rings (SSSR count). The Kier molecular flexibility index (Phi) is 4.17. The van der Waals surface area contributed by atoms with Gasteiger partial charge in [-0.2, -0.15) is 0 Å². The number of likely N-dealkylation sites (tertiary alicyclic amines) is 1. The Bertz CT molecular complexity index is 966. The molecule has 3 heterocycles. The molecule has 0 radical (unpaired) electrons. The zero-order valence-corrected chi connectivity index (χ0v) is 15.4. The molecule has 1 N–H and O–H groups in total. The average Bonchev–Trinajstić information content (AvgIpc) is 3.26. The number of amides is 1. The summed E-state index contributed by atoms with van der Waals surface area (Å²) in [6, 6.07) is 14.9. The molecule has 0 atom stereocenters. The number of imidazole rings is 1. The summed E-state index contributed by atoms with van der Waals surface area (Å²) in [6.07, 6.45) is 6.55. The van der Waals surface area contributed by atoms with Gasteiger partial charge >= 0.3 is 0 Å². The largest absolute Gasteiger partial charge is 0.309 e. The van der Waals surface area contributed by atoms with E-state index in [1.165, 1.54) is 31.5 Å². The van der Waals surface area contributed by atoms with Gasteiger partial charge in [0.1, 0.15) is 5.65 Å². The first-order valence-electron chi connectivity index (χ1n) is 9.87. The molecule has 5 nitrogen and oxygen atoms in total. The maximum Gasteiger partial charge on any atom is 0.228 e. The zero-order chi connectivity index (χ0) is 18.2. The monoisotopic (exact) mass is 360 g/mol. The van der Waals surface area contributed by atoms with Crippen LogP contribution in [0.1, 0.15) is 31.2 Å². The van der Waals surface area contributed by atoms with Crippen LogP contribution >= 0.6 is 0 Å². The highest BCUT2D eigenvalue weighted by molar-refractivity contribution is 5.93. The minimum Gasteiger partial charge on any atom is -0.309 e. The standard InChI is InChI=1S/C22H24N4O/c27-22(18-10-11-18)24-20-15-26-19(4-3-5-21(26)23-20)17-8-6-16(7-9-17)14-25-12-1-2-13-25/h3-9,15,18H,1-2,10-14H2,(H,24,27). The van der Waals surface area contributed by atoms with E-state index in [-0.39, 0.29) is 11.8 Å². The number of hydrogen-bond acceptors (Lipinski definition) is 3. The highest BCUT2D eigenvalue weighted by Crippen LogP contribution is 2.30. The van der Waals surface area contributed by atoms with Gasteiger partial charge in [0, 0.05) is 12.5 Å². The van der Waals surface area contributed by atoms with Crippen LogP contribution in [-0.2, 0) is 11.3 Å². The maximum atomic E-state index is 12.0. The van der Waals surface area contributed by atoms with Crippen LogP contribution in [-0.4, -0.2) is 33.3 Å². The van der Waals surface area contributed by atoms with Crippen molar-refractivity contribution in [3.8, 4) is 11.3 Å². The lowest BCUT2D eigenvalue weighted by Gasteiger charge is -2.15. The van der Waals surface area contributed by atoms with Crippen LogP contribution in [0.5, 0.6) is 0 Å². The Morgan fingerprint density at radius 3 is 2.59 bits per heavy atom. The number of carbonyl (C=O) groups excluding carboxylic acids is 1. The van der Waals surface area contributed by atoms with Gasteiger partial charge in [-0.25, -0.2) is 4.98 Å². The highest BCUT2D eigenvalue weighted by atomic mass is 16.2. The van der Waals surface area contributed by atoms with Crippen LogP contribution in [0.15, 0.2) is 48.7 Å². The van der Waals surface area contributed by atoms with Crippen molar-refractivity contribution in [3.63, 3.8) is 0 Å². The number of benzene rings is 1. The fraction of sp³-hybridized carbons (Fsp3) is 0.364. The van der Waals surface area contributed by atoms with Gasteiger partial charge in [0.25, 0.3) is 0 Å². The van der Waals surface area contributed by atoms with Gasteiger partial charge in [-0.05, 0) is 62.0 Å². The molecule has 2 aromatic heterocycles. The molecule has 0 spiro atoms. The molecule has 1 aromatic carbocycles. The molecule has 1 saturated heterocycles. The number of carbonyl (C=O) groups is 1. The number of pyridine rings is 1. The molecule has 0 bridgehead atoms. The Labute approximate surface area is 159 Å². The maximum absolute atomic E-state index is 12.0. The van der Waals surface area contributed by atoms with Crippen molar-refractivity contribution in [2.24, 2.45) is 5.92 Å². The first-order valence-corrected chi connectivity index (χ1v) is 9.87.